The normalized spacial score (nSPS) is 12.8. The third-order valence-electron chi connectivity index (χ3n) is 6.95. The molecule has 196 valence electrons. The van der Waals surface area contributed by atoms with E-state index in [0.717, 1.165) is 34.1 Å². The second-order valence-electron chi connectivity index (χ2n) is 9.56. The Labute approximate surface area is 227 Å². The first kappa shape index (κ1) is 25.8. The smallest absolute Gasteiger partial charge is 0.254 e. The SMILES string of the molecule is COc1ccc(CCN(Cc2cccs2)C(=O)CN(C(=O)c2ccc3ccccc3c2)C2CC2)cc1OC. The number of carbonyl (C=O) groups excluding carboxylic acids is 2. The summed E-state index contributed by atoms with van der Waals surface area (Å²) in [6.07, 6.45) is 2.53. The van der Waals surface area contributed by atoms with Gasteiger partial charge in [0.1, 0.15) is 6.54 Å². The van der Waals surface area contributed by atoms with E-state index in [0.29, 0.717) is 36.6 Å². The monoisotopic (exact) mass is 528 g/mol. The van der Waals surface area contributed by atoms with Gasteiger partial charge in [-0.1, -0.05) is 42.5 Å². The van der Waals surface area contributed by atoms with Crippen LogP contribution in [0.15, 0.2) is 78.2 Å². The number of amides is 2. The minimum absolute atomic E-state index is 0.0417. The number of benzene rings is 3. The predicted octanol–water partition coefficient (Wildman–Crippen LogP) is 5.79. The first-order valence-electron chi connectivity index (χ1n) is 12.9. The Morgan fingerprint density at radius 2 is 1.68 bits per heavy atom. The van der Waals surface area contributed by atoms with Crippen molar-refractivity contribution in [1.29, 1.82) is 0 Å². The summed E-state index contributed by atoms with van der Waals surface area (Å²) in [4.78, 5) is 32.0. The summed E-state index contributed by atoms with van der Waals surface area (Å²) in [5.41, 5.74) is 1.68. The van der Waals surface area contributed by atoms with E-state index >= 15 is 0 Å². The standard InChI is InChI=1S/C31H32N2O4S/c1-36-28-14-9-22(18-29(28)37-2)15-16-32(20-27-8-5-17-38-27)30(34)21-33(26-12-13-26)31(35)25-11-10-23-6-3-4-7-24(23)19-25/h3-11,14,17-19,26H,12-13,15-16,20-21H2,1-2H3. The highest BCUT2D eigenvalue weighted by Gasteiger charge is 2.35. The van der Waals surface area contributed by atoms with Crippen LogP contribution >= 0.6 is 11.3 Å². The van der Waals surface area contributed by atoms with Crippen molar-refractivity contribution in [2.45, 2.75) is 31.8 Å². The molecular formula is C31H32N2O4S. The van der Waals surface area contributed by atoms with E-state index in [-0.39, 0.29) is 24.4 Å². The molecule has 3 aromatic carbocycles. The summed E-state index contributed by atoms with van der Waals surface area (Å²) in [5, 5.41) is 4.14. The van der Waals surface area contributed by atoms with Gasteiger partial charge in [0, 0.05) is 23.0 Å². The zero-order chi connectivity index (χ0) is 26.5. The Bertz CT molecular complexity index is 1410. The molecule has 6 nitrogen and oxygen atoms in total. The van der Waals surface area contributed by atoms with E-state index in [1.165, 1.54) is 0 Å². The molecule has 0 aliphatic heterocycles. The largest absolute Gasteiger partial charge is 0.493 e. The highest BCUT2D eigenvalue weighted by atomic mass is 32.1. The highest BCUT2D eigenvalue weighted by molar-refractivity contribution is 7.09. The average Bonchev–Trinajstić information content (AvgIpc) is 3.67. The molecule has 1 aliphatic carbocycles. The average molecular weight is 529 g/mol. The Morgan fingerprint density at radius 3 is 2.39 bits per heavy atom. The van der Waals surface area contributed by atoms with Gasteiger partial charge in [0.15, 0.2) is 11.5 Å². The van der Waals surface area contributed by atoms with Gasteiger partial charge in [0.2, 0.25) is 5.91 Å². The fourth-order valence-corrected chi connectivity index (χ4v) is 5.39. The molecule has 1 heterocycles. The van der Waals surface area contributed by atoms with Gasteiger partial charge in [-0.25, -0.2) is 0 Å². The molecule has 7 heteroatoms. The molecule has 0 atom stereocenters. The number of methoxy groups -OCH3 is 2. The number of carbonyl (C=O) groups is 2. The summed E-state index contributed by atoms with van der Waals surface area (Å²) in [7, 11) is 3.23. The van der Waals surface area contributed by atoms with Crippen LogP contribution in [0.1, 0.15) is 33.6 Å². The summed E-state index contributed by atoms with van der Waals surface area (Å²) < 4.78 is 10.8. The number of fused-ring (bicyclic) bond motifs is 1. The van der Waals surface area contributed by atoms with Crippen LogP contribution in [0, 0.1) is 0 Å². The van der Waals surface area contributed by atoms with Gasteiger partial charge in [-0.2, -0.15) is 0 Å². The molecule has 0 N–H and O–H groups in total. The van der Waals surface area contributed by atoms with Crippen LogP contribution in [0.4, 0.5) is 0 Å². The summed E-state index contributed by atoms with van der Waals surface area (Å²) in [5.74, 6) is 1.22. The minimum Gasteiger partial charge on any atom is -0.493 e. The first-order valence-corrected chi connectivity index (χ1v) is 13.7. The molecule has 0 spiro atoms. The highest BCUT2D eigenvalue weighted by Crippen LogP contribution is 2.30. The van der Waals surface area contributed by atoms with Crippen molar-refractivity contribution in [2.24, 2.45) is 0 Å². The molecule has 0 bridgehead atoms. The number of thiophene rings is 1. The Balaban J connectivity index is 1.33. The maximum absolute atomic E-state index is 13.7. The minimum atomic E-state index is -0.0810. The van der Waals surface area contributed by atoms with Gasteiger partial charge < -0.3 is 19.3 Å². The third-order valence-corrected chi connectivity index (χ3v) is 7.81. The van der Waals surface area contributed by atoms with Gasteiger partial charge in [-0.15, -0.1) is 11.3 Å². The summed E-state index contributed by atoms with van der Waals surface area (Å²) in [6, 6.07) is 23.8. The van der Waals surface area contributed by atoms with Crippen molar-refractivity contribution in [3.05, 3.63) is 94.2 Å². The van der Waals surface area contributed by atoms with Crippen molar-refractivity contribution in [2.75, 3.05) is 27.3 Å². The van der Waals surface area contributed by atoms with Crippen LogP contribution in [-0.4, -0.2) is 55.0 Å². The number of nitrogens with zero attached hydrogens (tertiary/aromatic N) is 2. The van der Waals surface area contributed by atoms with Gasteiger partial charge in [0.05, 0.1) is 20.8 Å². The van der Waals surface area contributed by atoms with Crippen molar-refractivity contribution < 1.29 is 19.1 Å². The van der Waals surface area contributed by atoms with Crippen LogP contribution < -0.4 is 9.47 Å². The predicted molar refractivity (Wildman–Crippen MR) is 151 cm³/mol. The fraction of sp³-hybridized carbons (Fsp3) is 0.290. The Hall–Kier alpha value is -3.84. The third kappa shape index (κ3) is 6.00. The molecule has 0 saturated heterocycles. The van der Waals surface area contributed by atoms with E-state index in [4.69, 9.17) is 9.47 Å². The fourth-order valence-electron chi connectivity index (χ4n) is 4.67. The lowest BCUT2D eigenvalue weighted by molar-refractivity contribution is -0.132. The molecular weight excluding hydrogens is 496 g/mol. The molecule has 0 unspecified atom stereocenters. The molecule has 1 saturated carbocycles. The molecule has 1 aliphatic rings. The zero-order valence-corrected chi connectivity index (χ0v) is 22.6. The van der Waals surface area contributed by atoms with E-state index in [1.807, 2.05) is 83.1 Å². The van der Waals surface area contributed by atoms with E-state index in [9.17, 15) is 9.59 Å². The second-order valence-corrected chi connectivity index (χ2v) is 10.6. The number of ether oxygens (including phenoxy) is 2. The Kier molecular flexibility index (Phi) is 7.94. The van der Waals surface area contributed by atoms with Crippen LogP contribution in [0.25, 0.3) is 10.8 Å². The number of hydrogen-bond donors (Lipinski definition) is 0. The maximum Gasteiger partial charge on any atom is 0.254 e. The van der Waals surface area contributed by atoms with Gasteiger partial charge in [-0.05, 0) is 71.3 Å². The van der Waals surface area contributed by atoms with Crippen LogP contribution in [-0.2, 0) is 17.8 Å². The van der Waals surface area contributed by atoms with E-state index in [1.54, 1.807) is 30.5 Å². The second kappa shape index (κ2) is 11.7. The van der Waals surface area contributed by atoms with Crippen molar-refractivity contribution >= 4 is 33.9 Å². The van der Waals surface area contributed by atoms with Crippen LogP contribution in [0.2, 0.25) is 0 Å². The molecule has 1 fully saturated rings. The topological polar surface area (TPSA) is 59.1 Å². The lowest BCUT2D eigenvalue weighted by atomic mass is 10.1. The molecule has 38 heavy (non-hydrogen) atoms. The van der Waals surface area contributed by atoms with Gasteiger partial charge in [-0.3, -0.25) is 9.59 Å². The van der Waals surface area contributed by atoms with E-state index in [2.05, 4.69) is 0 Å². The molecule has 0 radical (unpaired) electrons. The van der Waals surface area contributed by atoms with Gasteiger partial charge in [0.25, 0.3) is 5.91 Å². The first-order chi connectivity index (χ1) is 18.6. The maximum atomic E-state index is 13.7. The van der Waals surface area contributed by atoms with Crippen molar-refractivity contribution in [1.82, 2.24) is 9.80 Å². The molecule has 2 amide bonds. The van der Waals surface area contributed by atoms with Crippen molar-refractivity contribution in [3.63, 3.8) is 0 Å². The molecule has 5 rings (SSSR count). The van der Waals surface area contributed by atoms with Crippen LogP contribution in [0.3, 0.4) is 0 Å². The lowest BCUT2D eigenvalue weighted by Gasteiger charge is -2.28. The Morgan fingerprint density at radius 1 is 0.895 bits per heavy atom. The number of hydrogen-bond acceptors (Lipinski definition) is 5. The number of rotatable bonds is 11. The molecule has 1 aromatic heterocycles. The van der Waals surface area contributed by atoms with Gasteiger partial charge >= 0.3 is 0 Å². The lowest BCUT2D eigenvalue weighted by Crippen LogP contribution is -2.44. The molecule has 4 aromatic rings. The summed E-state index contributed by atoms with van der Waals surface area (Å²) in [6.45, 7) is 1.13. The summed E-state index contributed by atoms with van der Waals surface area (Å²) >= 11 is 1.63. The van der Waals surface area contributed by atoms with Crippen molar-refractivity contribution in [3.8, 4) is 11.5 Å². The van der Waals surface area contributed by atoms with E-state index < -0.39 is 0 Å². The quantitative estimate of drug-likeness (QED) is 0.247. The van der Waals surface area contributed by atoms with Crippen LogP contribution in [0.5, 0.6) is 11.5 Å². The zero-order valence-electron chi connectivity index (χ0n) is 21.8.